The zero-order chi connectivity index (χ0) is 18.7. The quantitative estimate of drug-likeness (QED) is 0.550. The van der Waals surface area contributed by atoms with E-state index in [2.05, 4.69) is 36.0 Å². The zero-order valence-corrected chi connectivity index (χ0v) is 14.6. The molecule has 3 aromatic rings. The maximum absolute atomic E-state index is 11.1. The van der Waals surface area contributed by atoms with Crippen molar-refractivity contribution in [3.05, 3.63) is 42.1 Å². The highest BCUT2D eigenvalue weighted by molar-refractivity contribution is 5.88. The van der Waals surface area contributed by atoms with Crippen molar-refractivity contribution >= 4 is 29.0 Å². The molecule has 134 valence electrons. The molecule has 10 nitrogen and oxygen atoms in total. The first-order valence-electron chi connectivity index (χ1n) is 7.83. The van der Waals surface area contributed by atoms with Gasteiger partial charge in [0.25, 0.3) is 0 Å². The summed E-state index contributed by atoms with van der Waals surface area (Å²) >= 11 is 0. The molecule has 26 heavy (non-hydrogen) atoms. The molecule has 5 N–H and O–H groups in total. The fourth-order valence-electron chi connectivity index (χ4n) is 2.37. The van der Waals surface area contributed by atoms with Gasteiger partial charge in [0.1, 0.15) is 18.0 Å². The standard InChI is InChI=1S/C16H19N9O/c1-9-4-15(25(24-9)14-6-13(18-3)20-8-21-14)23-12-5-11(22-16(17)26)7-19-10(12)2/h4-8,23H,1-3H3,(H3,17,22,26)(H,18,20,21). The van der Waals surface area contributed by atoms with Gasteiger partial charge in [-0.3, -0.25) is 4.98 Å². The summed E-state index contributed by atoms with van der Waals surface area (Å²) in [4.78, 5) is 23.7. The number of pyridine rings is 1. The average molecular weight is 353 g/mol. The van der Waals surface area contributed by atoms with Gasteiger partial charge in [0.2, 0.25) is 0 Å². The minimum atomic E-state index is -0.650. The van der Waals surface area contributed by atoms with Gasteiger partial charge in [0, 0.05) is 19.2 Å². The molecule has 0 fully saturated rings. The first kappa shape index (κ1) is 17.1. The van der Waals surface area contributed by atoms with E-state index in [1.807, 2.05) is 19.9 Å². The molecule has 0 saturated carbocycles. The Bertz CT molecular complexity index is 951. The molecule has 0 unspecified atom stereocenters. The predicted octanol–water partition coefficient (Wildman–Crippen LogP) is 1.95. The van der Waals surface area contributed by atoms with Gasteiger partial charge in [-0.25, -0.2) is 14.8 Å². The molecule has 0 spiro atoms. The third-order valence-electron chi connectivity index (χ3n) is 3.57. The fourth-order valence-corrected chi connectivity index (χ4v) is 2.37. The van der Waals surface area contributed by atoms with Gasteiger partial charge in [-0.2, -0.15) is 9.78 Å². The third kappa shape index (κ3) is 3.69. The van der Waals surface area contributed by atoms with Gasteiger partial charge in [-0.05, 0) is 19.9 Å². The van der Waals surface area contributed by atoms with Crippen LogP contribution < -0.4 is 21.7 Å². The minimum Gasteiger partial charge on any atom is -0.373 e. The lowest BCUT2D eigenvalue weighted by atomic mass is 10.3. The van der Waals surface area contributed by atoms with Crippen LogP contribution in [0.5, 0.6) is 0 Å². The molecule has 3 aromatic heterocycles. The molecule has 0 radical (unpaired) electrons. The maximum Gasteiger partial charge on any atom is 0.316 e. The van der Waals surface area contributed by atoms with E-state index in [9.17, 15) is 4.79 Å². The van der Waals surface area contributed by atoms with Crippen molar-refractivity contribution in [2.24, 2.45) is 5.73 Å². The minimum absolute atomic E-state index is 0.493. The van der Waals surface area contributed by atoms with E-state index >= 15 is 0 Å². The number of nitrogens with zero attached hydrogens (tertiary/aromatic N) is 5. The van der Waals surface area contributed by atoms with Crippen molar-refractivity contribution in [1.82, 2.24) is 24.7 Å². The second-order valence-electron chi connectivity index (χ2n) is 5.57. The van der Waals surface area contributed by atoms with Crippen molar-refractivity contribution < 1.29 is 4.79 Å². The number of primary amides is 1. The van der Waals surface area contributed by atoms with Gasteiger partial charge in [-0.15, -0.1) is 0 Å². The molecule has 0 aromatic carbocycles. The van der Waals surface area contributed by atoms with Crippen molar-refractivity contribution in [3.8, 4) is 5.82 Å². The largest absolute Gasteiger partial charge is 0.373 e. The van der Waals surface area contributed by atoms with Crippen LogP contribution in [-0.4, -0.2) is 37.8 Å². The number of carbonyl (C=O) groups excluding carboxylic acids is 1. The SMILES string of the molecule is CNc1cc(-n2nc(C)cc2Nc2cc(NC(N)=O)cnc2C)ncn1. The van der Waals surface area contributed by atoms with Crippen LogP contribution in [0.25, 0.3) is 5.82 Å². The Morgan fingerprint density at radius 3 is 2.69 bits per heavy atom. The van der Waals surface area contributed by atoms with Crippen LogP contribution in [0.1, 0.15) is 11.4 Å². The van der Waals surface area contributed by atoms with E-state index < -0.39 is 6.03 Å². The van der Waals surface area contributed by atoms with Crippen LogP contribution in [0.4, 0.5) is 27.8 Å². The molecule has 0 aliphatic carbocycles. The number of amides is 2. The summed E-state index contributed by atoms with van der Waals surface area (Å²) in [5, 5.41) is 13.2. The number of aromatic nitrogens is 5. The molecule has 2 amide bonds. The number of carbonyl (C=O) groups is 1. The molecule has 0 atom stereocenters. The average Bonchev–Trinajstić information content (AvgIpc) is 2.98. The van der Waals surface area contributed by atoms with Gasteiger partial charge in [-0.1, -0.05) is 0 Å². The molecular formula is C16H19N9O. The smallest absolute Gasteiger partial charge is 0.316 e. The van der Waals surface area contributed by atoms with Crippen LogP contribution in [0, 0.1) is 13.8 Å². The third-order valence-corrected chi connectivity index (χ3v) is 3.57. The fraction of sp³-hybridized carbons (Fsp3) is 0.188. The van der Waals surface area contributed by atoms with Gasteiger partial charge in [0.15, 0.2) is 5.82 Å². The lowest BCUT2D eigenvalue weighted by Gasteiger charge is -2.12. The first-order chi connectivity index (χ1) is 12.5. The second-order valence-corrected chi connectivity index (χ2v) is 5.57. The van der Waals surface area contributed by atoms with Crippen LogP contribution >= 0.6 is 0 Å². The lowest BCUT2D eigenvalue weighted by molar-refractivity contribution is 0.259. The molecule has 0 saturated heterocycles. The molecule has 10 heteroatoms. The number of rotatable bonds is 5. The highest BCUT2D eigenvalue weighted by Gasteiger charge is 2.12. The molecular weight excluding hydrogens is 334 g/mol. The predicted molar refractivity (Wildman–Crippen MR) is 98.9 cm³/mol. The van der Waals surface area contributed by atoms with E-state index in [0.717, 1.165) is 11.4 Å². The first-order valence-corrected chi connectivity index (χ1v) is 7.83. The number of hydrogen-bond acceptors (Lipinski definition) is 7. The van der Waals surface area contributed by atoms with Crippen LogP contribution in [0.2, 0.25) is 0 Å². The Labute approximate surface area is 149 Å². The number of urea groups is 1. The van der Waals surface area contributed by atoms with Crippen molar-refractivity contribution in [2.75, 3.05) is 23.0 Å². The molecule has 3 heterocycles. The maximum atomic E-state index is 11.1. The van der Waals surface area contributed by atoms with E-state index in [0.29, 0.717) is 28.8 Å². The van der Waals surface area contributed by atoms with Crippen LogP contribution in [0.3, 0.4) is 0 Å². The highest BCUT2D eigenvalue weighted by atomic mass is 16.2. The Balaban J connectivity index is 1.97. The summed E-state index contributed by atoms with van der Waals surface area (Å²) in [5.74, 6) is 1.99. The van der Waals surface area contributed by atoms with Crippen molar-refractivity contribution in [2.45, 2.75) is 13.8 Å². The zero-order valence-electron chi connectivity index (χ0n) is 14.6. The molecule has 0 bridgehead atoms. The highest BCUT2D eigenvalue weighted by Crippen LogP contribution is 2.25. The lowest BCUT2D eigenvalue weighted by Crippen LogP contribution is -2.19. The number of nitrogens with one attached hydrogen (secondary N) is 3. The van der Waals surface area contributed by atoms with Gasteiger partial charge < -0.3 is 21.7 Å². The monoisotopic (exact) mass is 353 g/mol. The number of aryl methyl sites for hydroxylation is 2. The summed E-state index contributed by atoms with van der Waals surface area (Å²) in [6.07, 6.45) is 3.00. The van der Waals surface area contributed by atoms with Crippen molar-refractivity contribution in [1.29, 1.82) is 0 Å². The number of hydrogen-bond donors (Lipinski definition) is 4. The Hall–Kier alpha value is -3.69. The Morgan fingerprint density at radius 2 is 1.96 bits per heavy atom. The van der Waals surface area contributed by atoms with E-state index in [1.165, 1.54) is 12.5 Å². The van der Waals surface area contributed by atoms with Crippen LogP contribution in [0.15, 0.2) is 30.7 Å². The Morgan fingerprint density at radius 1 is 1.15 bits per heavy atom. The summed E-state index contributed by atoms with van der Waals surface area (Å²) in [5.41, 5.74) is 7.93. The Kier molecular flexibility index (Phi) is 4.65. The topological polar surface area (TPSA) is 136 Å². The second kappa shape index (κ2) is 7.05. The molecule has 3 rings (SSSR count). The summed E-state index contributed by atoms with van der Waals surface area (Å²) in [7, 11) is 1.78. The van der Waals surface area contributed by atoms with Crippen LogP contribution in [-0.2, 0) is 0 Å². The normalized spacial score (nSPS) is 10.4. The summed E-state index contributed by atoms with van der Waals surface area (Å²) in [6, 6.07) is 4.77. The van der Waals surface area contributed by atoms with Crippen molar-refractivity contribution in [3.63, 3.8) is 0 Å². The van der Waals surface area contributed by atoms with E-state index in [1.54, 1.807) is 23.9 Å². The van der Waals surface area contributed by atoms with Gasteiger partial charge >= 0.3 is 6.03 Å². The molecule has 0 aliphatic rings. The summed E-state index contributed by atoms with van der Waals surface area (Å²) < 4.78 is 1.67. The van der Waals surface area contributed by atoms with E-state index in [4.69, 9.17) is 5.73 Å². The van der Waals surface area contributed by atoms with E-state index in [-0.39, 0.29) is 0 Å². The van der Waals surface area contributed by atoms with Gasteiger partial charge in [0.05, 0.1) is 29.0 Å². The summed E-state index contributed by atoms with van der Waals surface area (Å²) in [6.45, 7) is 3.74. The molecule has 0 aliphatic heterocycles. The number of anilines is 4. The number of nitrogens with two attached hydrogens (primary N) is 1.